The Hall–Kier alpha value is -2.81. The number of carbonyl (C=O) groups is 2. The Morgan fingerprint density at radius 1 is 1.31 bits per heavy atom. The zero-order valence-corrected chi connectivity index (χ0v) is 15.1. The van der Waals surface area contributed by atoms with Gasteiger partial charge in [-0.1, -0.05) is 11.3 Å². The Labute approximate surface area is 152 Å². The summed E-state index contributed by atoms with van der Waals surface area (Å²) < 4.78 is 22.3. The highest BCUT2D eigenvalue weighted by Crippen LogP contribution is 2.19. The van der Waals surface area contributed by atoms with Gasteiger partial charge in [-0.2, -0.15) is 10.1 Å². The van der Waals surface area contributed by atoms with Gasteiger partial charge in [0.15, 0.2) is 10.5 Å². The monoisotopic (exact) mass is 376 g/mol. The molecule has 0 saturated carbocycles. The van der Waals surface area contributed by atoms with Gasteiger partial charge in [-0.25, -0.2) is 4.39 Å². The molecule has 0 fully saturated rings. The number of amides is 1. The SMILES string of the molecule is CCOC(=O)Cn1c(=NC(=O)c2ccn(CC)n2)sc2cc(F)ccc21. The summed E-state index contributed by atoms with van der Waals surface area (Å²) in [6.07, 6.45) is 1.69. The number of hydrogen-bond donors (Lipinski definition) is 0. The molecule has 0 bridgehead atoms. The van der Waals surface area contributed by atoms with Crippen molar-refractivity contribution in [1.29, 1.82) is 0 Å². The maximum atomic E-state index is 13.5. The molecular weight excluding hydrogens is 359 g/mol. The van der Waals surface area contributed by atoms with Crippen LogP contribution in [0.4, 0.5) is 4.39 Å². The molecule has 0 aliphatic rings. The Balaban J connectivity index is 2.07. The third-order valence-corrected chi connectivity index (χ3v) is 4.66. The highest BCUT2D eigenvalue weighted by molar-refractivity contribution is 7.16. The Morgan fingerprint density at radius 2 is 2.12 bits per heavy atom. The van der Waals surface area contributed by atoms with E-state index >= 15 is 0 Å². The van der Waals surface area contributed by atoms with Crippen LogP contribution in [0.15, 0.2) is 35.5 Å². The predicted molar refractivity (Wildman–Crippen MR) is 94.2 cm³/mol. The van der Waals surface area contributed by atoms with Crippen LogP contribution in [0.3, 0.4) is 0 Å². The fourth-order valence-corrected chi connectivity index (χ4v) is 3.47. The topological polar surface area (TPSA) is 78.5 Å². The van der Waals surface area contributed by atoms with Crippen molar-refractivity contribution in [2.75, 3.05) is 6.61 Å². The molecule has 1 amide bonds. The summed E-state index contributed by atoms with van der Waals surface area (Å²) in [6, 6.07) is 5.77. The number of rotatable bonds is 5. The number of benzene rings is 1. The van der Waals surface area contributed by atoms with Gasteiger partial charge in [0.1, 0.15) is 12.4 Å². The van der Waals surface area contributed by atoms with Crippen LogP contribution in [-0.2, 0) is 22.6 Å². The molecule has 7 nitrogen and oxygen atoms in total. The fourth-order valence-electron chi connectivity index (χ4n) is 2.42. The minimum absolute atomic E-state index is 0.116. The zero-order chi connectivity index (χ0) is 18.7. The molecule has 0 aliphatic carbocycles. The minimum Gasteiger partial charge on any atom is -0.465 e. The second-order valence-corrected chi connectivity index (χ2v) is 6.37. The van der Waals surface area contributed by atoms with Gasteiger partial charge >= 0.3 is 5.97 Å². The van der Waals surface area contributed by atoms with Crippen molar-refractivity contribution in [3.05, 3.63) is 46.8 Å². The van der Waals surface area contributed by atoms with Crippen molar-refractivity contribution < 1.29 is 18.7 Å². The number of aryl methyl sites for hydroxylation is 1. The minimum atomic E-state index is -0.526. The first-order valence-electron chi connectivity index (χ1n) is 8.08. The number of fused-ring (bicyclic) bond motifs is 1. The first-order valence-corrected chi connectivity index (χ1v) is 8.90. The second-order valence-electron chi connectivity index (χ2n) is 5.36. The van der Waals surface area contributed by atoms with Gasteiger partial charge in [0, 0.05) is 12.7 Å². The number of carbonyl (C=O) groups excluding carboxylic acids is 2. The Kier molecular flexibility index (Phi) is 5.27. The summed E-state index contributed by atoms with van der Waals surface area (Å²) in [4.78, 5) is 28.7. The molecular formula is C17H17FN4O3S. The molecule has 0 unspecified atom stereocenters. The molecule has 0 spiro atoms. The number of hydrogen-bond acceptors (Lipinski definition) is 5. The number of thiazole rings is 1. The van der Waals surface area contributed by atoms with Crippen LogP contribution in [0, 0.1) is 5.82 Å². The normalized spacial score (nSPS) is 11.9. The smallest absolute Gasteiger partial charge is 0.326 e. The van der Waals surface area contributed by atoms with E-state index in [1.165, 1.54) is 12.1 Å². The fraction of sp³-hybridized carbons (Fsp3) is 0.294. The predicted octanol–water partition coefficient (Wildman–Crippen LogP) is 2.36. The Bertz CT molecular complexity index is 1030. The standard InChI is InChI=1S/C17H17FN4O3S/c1-3-21-8-7-12(20-21)16(24)19-17-22(10-15(23)25-4-2)13-6-5-11(18)9-14(13)26-17/h5-9H,3-4,10H2,1-2H3. The van der Waals surface area contributed by atoms with Gasteiger partial charge in [-0.3, -0.25) is 14.3 Å². The third kappa shape index (κ3) is 3.72. The van der Waals surface area contributed by atoms with Crippen LogP contribution in [0.5, 0.6) is 0 Å². The summed E-state index contributed by atoms with van der Waals surface area (Å²) in [5, 5.41) is 4.13. The van der Waals surface area contributed by atoms with Crippen molar-refractivity contribution in [1.82, 2.24) is 14.3 Å². The van der Waals surface area contributed by atoms with E-state index in [1.807, 2.05) is 6.92 Å². The molecule has 26 heavy (non-hydrogen) atoms. The number of halogens is 1. The van der Waals surface area contributed by atoms with Crippen molar-refractivity contribution in [3.8, 4) is 0 Å². The lowest BCUT2D eigenvalue weighted by atomic mass is 10.3. The van der Waals surface area contributed by atoms with Crippen LogP contribution in [0.1, 0.15) is 24.3 Å². The quantitative estimate of drug-likeness (QED) is 0.641. The van der Waals surface area contributed by atoms with Crippen molar-refractivity contribution in [2.45, 2.75) is 26.9 Å². The van der Waals surface area contributed by atoms with Crippen LogP contribution < -0.4 is 4.80 Å². The highest BCUT2D eigenvalue weighted by atomic mass is 32.1. The third-order valence-electron chi connectivity index (χ3n) is 3.62. The Morgan fingerprint density at radius 3 is 2.81 bits per heavy atom. The molecule has 0 N–H and O–H groups in total. The van der Waals surface area contributed by atoms with Crippen LogP contribution in [-0.4, -0.2) is 32.8 Å². The molecule has 136 valence electrons. The first-order chi connectivity index (χ1) is 12.5. The summed E-state index contributed by atoms with van der Waals surface area (Å²) in [5.41, 5.74) is 0.813. The van der Waals surface area contributed by atoms with Crippen molar-refractivity contribution >= 4 is 33.4 Å². The van der Waals surface area contributed by atoms with Crippen LogP contribution in [0.2, 0.25) is 0 Å². The van der Waals surface area contributed by atoms with E-state index in [-0.39, 0.29) is 23.6 Å². The van der Waals surface area contributed by atoms with E-state index in [2.05, 4.69) is 10.1 Å². The second kappa shape index (κ2) is 7.61. The van der Waals surface area contributed by atoms with E-state index in [9.17, 15) is 14.0 Å². The summed E-state index contributed by atoms with van der Waals surface area (Å²) in [7, 11) is 0. The summed E-state index contributed by atoms with van der Waals surface area (Å²) in [6.45, 7) is 4.39. The molecule has 0 atom stereocenters. The lowest BCUT2D eigenvalue weighted by molar-refractivity contribution is -0.143. The molecule has 2 heterocycles. The maximum absolute atomic E-state index is 13.5. The first kappa shape index (κ1) is 18.0. The molecule has 9 heteroatoms. The number of aromatic nitrogens is 3. The average molecular weight is 376 g/mol. The molecule has 0 aliphatic heterocycles. The summed E-state index contributed by atoms with van der Waals surface area (Å²) >= 11 is 1.13. The lowest BCUT2D eigenvalue weighted by Gasteiger charge is -2.04. The van der Waals surface area contributed by atoms with Gasteiger partial charge in [0.2, 0.25) is 0 Å². The summed E-state index contributed by atoms with van der Waals surface area (Å²) in [5.74, 6) is -1.39. The van der Waals surface area contributed by atoms with Gasteiger partial charge < -0.3 is 9.30 Å². The van der Waals surface area contributed by atoms with Crippen LogP contribution in [0.25, 0.3) is 10.2 Å². The largest absolute Gasteiger partial charge is 0.465 e. The van der Waals surface area contributed by atoms with E-state index in [1.54, 1.807) is 34.5 Å². The number of esters is 1. The van der Waals surface area contributed by atoms with Gasteiger partial charge in [0.25, 0.3) is 5.91 Å². The van der Waals surface area contributed by atoms with Gasteiger partial charge in [0.05, 0.1) is 16.8 Å². The molecule has 3 aromatic rings. The van der Waals surface area contributed by atoms with E-state index in [0.717, 1.165) is 11.3 Å². The maximum Gasteiger partial charge on any atom is 0.326 e. The van der Waals surface area contributed by atoms with E-state index < -0.39 is 17.7 Å². The number of nitrogens with zero attached hydrogens (tertiary/aromatic N) is 4. The molecule has 2 aromatic heterocycles. The van der Waals surface area contributed by atoms with Crippen molar-refractivity contribution in [3.63, 3.8) is 0 Å². The van der Waals surface area contributed by atoms with Gasteiger partial charge in [-0.15, -0.1) is 0 Å². The molecule has 3 rings (SSSR count). The van der Waals surface area contributed by atoms with Gasteiger partial charge in [-0.05, 0) is 38.1 Å². The van der Waals surface area contributed by atoms with Crippen molar-refractivity contribution in [2.24, 2.45) is 4.99 Å². The highest BCUT2D eigenvalue weighted by Gasteiger charge is 2.14. The molecule has 0 radical (unpaired) electrons. The van der Waals surface area contributed by atoms with E-state index in [4.69, 9.17) is 4.74 Å². The number of ether oxygens (including phenoxy) is 1. The lowest BCUT2D eigenvalue weighted by Crippen LogP contribution is -2.23. The zero-order valence-electron chi connectivity index (χ0n) is 14.3. The van der Waals surface area contributed by atoms with E-state index in [0.29, 0.717) is 16.8 Å². The molecule has 0 saturated heterocycles. The van der Waals surface area contributed by atoms with Crippen LogP contribution >= 0.6 is 11.3 Å². The molecule has 1 aromatic carbocycles. The average Bonchev–Trinajstić information content (AvgIpc) is 3.20.